The molecule has 0 aromatic carbocycles. The fourth-order valence-corrected chi connectivity index (χ4v) is 5.68. The number of esters is 1. The van der Waals surface area contributed by atoms with Gasteiger partial charge in [-0.25, -0.2) is 0 Å². The molecule has 0 aliphatic heterocycles. The molecule has 0 radical (unpaired) electrons. The van der Waals surface area contributed by atoms with Crippen LogP contribution in [0.4, 0.5) is 0 Å². The molecule has 0 aliphatic rings. The van der Waals surface area contributed by atoms with Crippen molar-refractivity contribution in [3.05, 3.63) is 72.9 Å². The van der Waals surface area contributed by atoms with Crippen LogP contribution in [-0.4, -0.2) is 37.0 Å². The molecule has 0 aromatic heterocycles. The summed E-state index contributed by atoms with van der Waals surface area (Å²) in [6.07, 6.45) is 58.1. The summed E-state index contributed by atoms with van der Waals surface area (Å²) in [5.74, 6) is -0.208. The van der Waals surface area contributed by atoms with Crippen LogP contribution in [0.25, 0.3) is 0 Å². The third kappa shape index (κ3) is 40.3. The van der Waals surface area contributed by atoms with Crippen LogP contribution in [-0.2, 0) is 14.3 Å². The Morgan fingerprint density at radius 3 is 1.36 bits per heavy atom. The lowest BCUT2D eigenvalue weighted by Crippen LogP contribution is -2.27. The Labute approximate surface area is 310 Å². The average Bonchev–Trinajstić information content (AvgIpc) is 3.12. The molecular formula is C46H80O4. The van der Waals surface area contributed by atoms with Gasteiger partial charge in [-0.15, -0.1) is 0 Å². The summed E-state index contributed by atoms with van der Waals surface area (Å²) < 4.78 is 11.1. The van der Waals surface area contributed by atoms with Gasteiger partial charge in [-0.05, 0) is 64.2 Å². The van der Waals surface area contributed by atoms with Crippen LogP contribution in [0.2, 0.25) is 0 Å². The van der Waals surface area contributed by atoms with Crippen molar-refractivity contribution in [1.82, 2.24) is 0 Å². The molecule has 0 amide bonds. The minimum Gasteiger partial charge on any atom is -0.457 e. The van der Waals surface area contributed by atoms with E-state index in [9.17, 15) is 9.90 Å². The summed E-state index contributed by atoms with van der Waals surface area (Å²) in [6.45, 7) is 5.20. The topological polar surface area (TPSA) is 55.8 Å². The van der Waals surface area contributed by atoms with E-state index in [0.717, 1.165) is 64.2 Å². The highest BCUT2D eigenvalue weighted by Crippen LogP contribution is 2.13. The first-order valence-corrected chi connectivity index (χ1v) is 21.0. The number of hydrogen-bond acceptors (Lipinski definition) is 4. The first kappa shape index (κ1) is 47.8. The maximum atomic E-state index is 12.2. The van der Waals surface area contributed by atoms with Crippen LogP contribution >= 0.6 is 0 Å². The van der Waals surface area contributed by atoms with E-state index >= 15 is 0 Å². The molecule has 288 valence electrons. The van der Waals surface area contributed by atoms with Crippen molar-refractivity contribution in [3.63, 3.8) is 0 Å². The summed E-state index contributed by atoms with van der Waals surface area (Å²) in [6, 6.07) is 0. The molecule has 0 saturated carbocycles. The van der Waals surface area contributed by atoms with Crippen LogP contribution in [0.1, 0.15) is 187 Å². The average molecular weight is 697 g/mol. The van der Waals surface area contributed by atoms with Gasteiger partial charge in [0.25, 0.3) is 0 Å². The molecule has 1 N–H and O–H groups in total. The number of carbonyl (C=O) groups is 1. The maximum absolute atomic E-state index is 12.2. The Morgan fingerprint density at radius 2 is 0.900 bits per heavy atom. The van der Waals surface area contributed by atoms with E-state index in [4.69, 9.17) is 9.47 Å². The third-order valence-corrected chi connectivity index (χ3v) is 8.80. The first-order chi connectivity index (χ1) is 24.7. The van der Waals surface area contributed by atoms with Gasteiger partial charge < -0.3 is 14.6 Å². The van der Waals surface area contributed by atoms with Crippen LogP contribution in [0, 0.1) is 0 Å². The molecule has 0 heterocycles. The molecule has 0 bridgehead atoms. The molecule has 0 aliphatic carbocycles. The fraction of sp³-hybridized carbons (Fsp3) is 0.717. The Hall–Kier alpha value is -2.17. The largest absolute Gasteiger partial charge is 0.457 e. The smallest absolute Gasteiger partial charge is 0.306 e. The number of unbranched alkanes of at least 4 members (excludes halogenated alkanes) is 18. The van der Waals surface area contributed by atoms with Gasteiger partial charge in [0.15, 0.2) is 0 Å². The zero-order valence-electron chi connectivity index (χ0n) is 32.9. The molecule has 0 aromatic rings. The standard InChI is InChI=1S/C46H80O4/c1-3-5-7-9-11-13-15-17-18-19-20-21-22-23-24-25-26-27-28-29-30-32-34-36-38-40-42-49-44-45(43-47)50-46(48)41-39-37-35-33-31-16-14-12-10-8-6-4-2/h5,7,11,13,17-18,20-21,23-24,26-27,45,47H,3-4,6,8-10,12,14-16,19,22,25,28-44H2,1-2H3/b7-5-,13-11-,18-17-,21-20-,24-23-,27-26-. The molecular weight excluding hydrogens is 617 g/mol. The second-order valence-corrected chi connectivity index (χ2v) is 13.7. The van der Waals surface area contributed by atoms with Crippen LogP contribution in [0.3, 0.4) is 0 Å². The summed E-state index contributed by atoms with van der Waals surface area (Å²) in [7, 11) is 0. The lowest BCUT2D eigenvalue weighted by Gasteiger charge is -2.16. The summed E-state index contributed by atoms with van der Waals surface area (Å²) in [4.78, 5) is 12.2. The number of ether oxygens (including phenoxy) is 2. The molecule has 50 heavy (non-hydrogen) atoms. The van der Waals surface area contributed by atoms with Gasteiger partial charge in [-0.3, -0.25) is 4.79 Å². The SMILES string of the molecule is CC/C=C\C/C=C\C/C=C\C/C=C\C/C=C\C/C=C\CCCCCCCCCOCC(CO)OC(=O)CCCCCCCCCCCCCC. The maximum Gasteiger partial charge on any atom is 0.306 e. The molecule has 4 nitrogen and oxygen atoms in total. The second kappa shape index (κ2) is 43.0. The fourth-order valence-electron chi connectivity index (χ4n) is 5.68. The van der Waals surface area contributed by atoms with Gasteiger partial charge in [-0.1, -0.05) is 189 Å². The monoisotopic (exact) mass is 697 g/mol. The van der Waals surface area contributed by atoms with Crippen molar-refractivity contribution in [2.75, 3.05) is 19.8 Å². The van der Waals surface area contributed by atoms with Crippen molar-refractivity contribution < 1.29 is 19.4 Å². The second-order valence-electron chi connectivity index (χ2n) is 13.7. The summed E-state index contributed by atoms with van der Waals surface area (Å²) in [5, 5.41) is 9.58. The minimum atomic E-state index is -0.541. The Balaban J connectivity index is 3.50. The van der Waals surface area contributed by atoms with Gasteiger partial charge in [0, 0.05) is 13.0 Å². The van der Waals surface area contributed by atoms with E-state index < -0.39 is 6.10 Å². The summed E-state index contributed by atoms with van der Waals surface area (Å²) in [5.41, 5.74) is 0. The van der Waals surface area contributed by atoms with E-state index in [1.54, 1.807) is 0 Å². The van der Waals surface area contributed by atoms with Crippen molar-refractivity contribution in [1.29, 1.82) is 0 Å². The minimum absolute atomic E-state index is 0.178. The van der Waals surface area contributed by atoms with E-state index in [0.29, 0.717) is 13.0 Å². The number of aliphatic hydroxyl groups is 1. The highest BCUT2D eigenvalue weighted by atomic mass is 16.6. The Kier molecular flexibility index (Phi) is 41.1. The quantitative estimate of drug-likeness (QED) is 0.0397. The van der Waals surface area contributed by atoms with Gasteiger partial charge in [-0.2, -0.15) is 0 Å². The number of rotatable bonds is 38. The van der Waals surface area contributed by atoms with E-state index in [-0.39, 0.29) is 19.2 Å². The molecule has 1 atom stereocenters. The Morgan fingerprint density at radius 1 is 0.500 bits per heavy atom. The normalized spacial score (nSPS) is 13.1. The van der Waals surface area contributed by atoms with E-state index in [2.05, 4.69) is 86.8 Å². The molecule has 0 fully saturated rings. The summed E-state index contributed by atoms with van der Waals surface area (Å²) >= 11 is 0. The van der Waals surface area contributed by atoms with Crippen LogP contribution in [0.15, 0.2) is 72.9 Å². The predicted octanol–water partition coefficient (Wildman–Crippen LogP) is 13.8. The van der Waals surface area contributed by atoms with Crippen molar-refractivity contribution >= 4 is 5.97 Å². The zero-order chi connectivity index (χ0) is 36.3. The number of carbonyl (C=O) groups excluding carboxylic acids is 1. The lowest BCUT2D eigenvalue weighted by molar-refractivity contribution is -0.154. The molecule has 0 rings (SSSR count). The number of aliphatic hydroxyl groups excluding tert-OH is 1. The van der Waals surface area contributed by atoms with Crippen molar-refractivity contribution in [2.45, 2.75) is 193 Å². The number of allylic oxidation sites excluding steroid dienone is 12. The van der Waals surface area contributed by atoms with Gasteiger partial charge in [0.1, 0.15) is 6.10 Å². The van der Waals surface area contributed by atoms with Crippen molar-refractivity contribution in [2.24, 2.45) is 0 Å². The zero-order valence-corrected chi connectivity index (χ0v) is 32.9. The first-order valence-electron chi connectivity index (χ1n) is 21.0. The predicted molar refractivity (Wildman–Crippen MR) is 219 cm³/mol. The van der Waals surface area contributed by atoms with Crippen LogP contribution < -0.4 is 0 Å². The van der Waals surface area contributed by atoms with Gasteiger partial charge in [0.05, 0.1) is 13.2 Å². The number of hydrogen-bond donors (Lipinski definition) is 1. The molecule has 4 heteroatoms. The van der Waals surface area contributed by atoms with Crippen LogP contribution in [0.5, 0.6) is 0 Å². The lowest BCUT2D eigenvalue weighted by atomic mass is 10.0. The molecule has 1 unspecified atom stereocenters. The van der Waals surface area contributed by atoms with E-state index in [1.807, 2.05) is 0 Å². The highest BCUT2D eigenvalue weighted by molar-refractivity contribution is 5.69. The van der Waals surface area contributed by atoms with Gasteiger partial charge >= 0.3 is 5.97 Å². The van der Waals surface area contributed by atoms with Crippen molar-refractivity contribution in [3.8, 4) is 0 Å². The molecule has 0 spiro atoms. The van der Waals surface area contributed by atoms with Gasteiger partial charge in [0.2, 0.25) is 0 Å². The third-order valence-electron chi connectivity index (χ3n) is 8.80. The van der Waals surface area contributed by atoms with E-state index in [1.165, 1.54) is 103 Å². The Bertz CT molecular complexity index is 865. The molecule has 0 saturated heterocycles. The highest BCUT2D eigenvalue weighted by Gasteiger charge is 2.13.